The number of ether oxygens (including phenoxy) is 1. The average molecular weight is 434 g/mol. The summed E-state index contributed by atoms with van der Waals surface area (Å²) in [4.78, 5) is 28.5. The van der Waals surface area contributed by atoms with Gasteiger partial charge in [-0.25, -0.2) is 4.79 Å². The predicted octanol–water partition coefficient (Wildman–Crippen LogP) is 2.24. The van der Waals surface area contributed by atoms with Gasteiger partial charge in [0.05, 0.1) is 19.3 Å². The molecule has 0 bridgehead atoms. The highest BCUT2D eigenvalue weighted by atomic mass is 35.5. The molecule has 0 radical (unpaired) electrons. The number of hydrogen-bond donors (Lipinski definition) is 1. The largest absolute Gasteiger partial charge is 0.496 e. The number of methoxy groups -OCH3 is 1. The number of hydrogen-bond acceptors (Lipinski definition) is 7. The summed E-state index contributed by atoms with van der Waals surface area (Å²) >= 11 is 6.39. The molecule has 30 heavy (non-hydrogen) atoms. The molecule has 3 rings (SSSR count). The van der Waals surface area contributed by atoms with E-state index < -0.39 is 0 Å². The molecule has 0 aromatic carbocycles. The van der Waals surface area contributed by atoms with Gasteiger partial charge >= 0.3 is 5.69 Å². The Balaban J connectivity index is 2.14. The van der Waals surface area contributed by atoms with Gasteiger partial charge in [-0.1, -0.05) is 25.4 Å². The molecule has 0 aliphatic heterocycles. The maximum atomic E-state index is 13.4. The number of halogens is 1. The fourth-order valence-corrected chi connectivity index (χ4v) is 3.97. The monoisotopic (exact) mass is 433 g/mol. The van der Waals surface area contributed by atoms with Gasteiger partial charge in [-0.05, 0) is 26.9 Å². The Hall–Kier alpha value is -2.65. The van der Waals surface area contributed by atoms with E-state index in [0.717, 1.165) is 35.7 Å². The number of anilines is 1. The molecule has 0 aliphatic rings. The second-order valence-corrected chi connectivity index (χ2v) is 7.50. The van der Waals surface area contributed by atoms with E-state index in [1.807, 2.05) is 13.8 Å². The summed E-state index contributed by atoms with van der Waals surface area (Å²) in [6.07, 6.45) is 1.74. The highest BCUT2D eigenvalue weighted by Gasteiger charge is 2.21. The topological polar surface area (TPSA) is 104 Å². The third-order valence-corrected chi connectivity index (χ3v) is 5.68. The number of nitrogens with two attached hydrogens (primary N) is 1. The normalized spacial score (nSPS) is 11.6. The molecule has 0 spiro atoms. The molecule has 3 heterocycles. The van der Waals surface area contributed by atoms with Crippen molar-refractivity contribution in [2.75, 3.05) is 32.5 Å². The maximum Gasteiger partial charge on any atom is 0.330 e. The SMILES string of the molecule is CCN(CC)CCn1c(=O)n(Cc2ncc(C)c(OC)c2C)c2nc(N)nc(Cl)c21. The quantitative estimate of drug-likeness (QED) is 0.543. The first-order chi connectivity index (χ1) is 14.3. The molecule has 0 amide bonds. The Morgan fingerprint density at radius 1 is 1.20 bits per heavy atom. The summed E-state index contributed by atoms with van der Waals surface area (Å²) in [6, 6.07) is 0. The van der Waals surface area contributed by atoms with Crippen LogP contribution in [0.1, 0.15) is 30.7 Å². The molecule has 10 heteroatoms. The molecule has 3 aromatic rings. The first-order valence-electron chi connectivity index (χ1n) is 9.95. The van der Waals surface area contributed by atoms with Crippen molar-refractivity contribution in [2.24, 2.45) is 0 Å². The molecule has 3 aromatic heterocycles. The molecule has 2 N–H and O–H groups in total. The van der Waals surface area contributed by atoms with Gasteiger partial charge in [-0.2, -0.15) is 9.97 Å². The number of nitrogens with zero attached hydrogens (tertiary/aromatic N) is 6. The lowest BCUT2D eigenvalue weighted by Gasteiger charge is -2.17. The van der Waals surface area contributed by atoms with E-state index in [2.05, 4.69) is 33.7 Å². The minimum absolute atomic E-state index is 0.0216. The van der Waals surface area contributed by atoms with Gasteiger partial charge in [0.2, 0.25) is 5.95 Å². The number of pyridine rings is 1. The van der Waals surface area contributed by atoms with E-state index in [-0.39, 0.29) is 23.3 Å². The fraction of sp³-hybridized carbons (Fsp3) is 0.500. The highest BCUT2D eigenvalue weighted by molar-refractivity contribution is 6.33. The van der Waals surface area contributed by atoms with E-state index in [9.17, 15) is 4.79 Å². The number of rotatable bonds is 8. The Kier molecular flexibility index (Phi) is 6.62. The van der Waals surface area contributed by atoms with Crippen LogP contribution in [0.15, 0.2) is 11.0 Å². The van der Waals surface area contributed by atoms with E-state index in [1.165, 1.54) is 0 Å². The molecule has 0 saturated heterocycles. The number of likely N-dealkylation sites (N-methyl/N-ethyl adjacent to an activating group) is 1. The average Bonchev–Trinajstić information content (AvgIpc) is 2.97. The highest BCUT2D eigenvalue weighted by Crippen LogP contribution is 2.26. The van der Waals surface area contributed by atoms with Crippen LogP contribution in [0.3, 0.4) is 0 Å². The third kappa shape index (κ3) is 3.99. The zero-order valence-electron chi connectivity index (χ0n) is 18.1. The van der Waals surface area contributed by atoms with Crippen molar-refractivity contribution in [1.29, 1.82) is 0 Å². The van der Waals surface area contributed by atoms with E-state index >= 15 is 0 Å². The standard InChI is InChI=1S/C20H28ClN7O2/c1-6-26(7-2)8-9-27-15-17(21)24-19(22)25-18(15)28(20(27)29)11-14-13(4)16(30-5)12(3)10-23-14/h10H,6-9,11H2,1-5H3,(H2,22,24,25). The Labute approximate surface area is 180 Å². The Morgan fingerprint density at radius 3 is 2.53 bits per heavy atom. The summed E-state index contributed by atoms with van der Waals surface area (Å²) in [5, 5.41) is 0.166. The summed E-state index contributed by atoms with van der Waals surface area (Å²) in [7, 11) is 1.62. The van der Waals surface area contributed by atoms with Gasteiger partial charge in [0.1, 0.15) is 11.3 Å². The van der Waals surface area contributed by atoms with Gasteiger partial charge in [0.25, 0.3) is 0 Å². The van der Waals surface area contributed by atoms with Crippen molar-refractivity contribution in [1.82, 2.24) is 29.0 Å². The summed E-state index contributed by atoms with van der Waals surface area (Å²) in [6.45, 7) is 11.2. The van der Waals surface area contributed by atoms with Crippen molar-refractivity contribution in [3.63, 3.8) is 0 Å². The second-order valence-electron chi connectivity index (χ2n) is 7.14. The van der Waals surface area contributed by atoms with E-state index in [4.69, 9.17) is 22.1 Å². The van der Waals surface area contributed by atoms with Crippen LogP contribution in [0.2, 0.25) is 5.15 Å². The van der Waals surface area contributed by atoms with E-state index in [1.54, 1.807) is 22.4 Å². The van der Waals surface area contributed by atoms with Gasteiger partial charge in [-0.3, -0.25) is 14.1 Å². The second kappa shape index (κ2) is 9.01. The molecule has 0 aliphatic carbocycles. The smallest absolute Gasteiger partial charge is 0.330 e. The van der Waals surface area contributed by atoms with Crippen LogP contribution in [0.4, 0.5) is 5.95 Å². The summed E-state index contributed by atoms with van der Waals surface area (Å²) in [5.41, 5.74) is 9.02. The van der Waals surface area contributed by atoms with Gasteiger partial charge in [0, 0.05) is 30.4 Å². The molecular formula is C20H28ClN7O2. The molecule has 162 valence electrons. The minimum Gasteiger partial charge on any atom is -0.496 e. The molecule has 0 saturated carbocycles. The van der Waals surface area contributed by atoms with Crippen LogP contribution in [0, 0.1) is 13.8 Å². The zero-order valence-corrected chi connectivity index (χ0v) is 18.8. The minimum atomic E-state index is -0.223. The van der Waals surface area contributed by atoms with E-state index in [0.29, 0.717) is 24.3 Å². The van der Waals surface area contributed by atoms with Crippen molar-refractivity contribution in [3.8, 4) is 5.75 Å². The number of imidazole rings is 1. The van der Waals surface area contributed by atoms with Crippen molar-refractivity contribution >= 4 is 28.7 Å². The molecule has 9 nitrogen and oxygen atoms in total. The lowest BCUT2D eigenvalue weighted by molar-refractivity contribution is 0.290. The van der Waals surface area contributed by atoms with Crippen molar-refractivity contribution < 1.29 is 4.74 Å². The van der Waals surface area contributed by atoms with Crippen LogP contribution < -0.4 is 16.2 Å². The zero-order chi connectivity index (χ0) is 22.0. The Bertz CT molecular complexity index is 1120. The predicted molar refractivity (Wildman–Crippen MR) is 118 cm³/mol. The van der Waals surface area contributed by atoms with Crippen LogP contribution in [-0.2, 0) is 13.1 Å². The molecule has 0 unspecified atom stereocenters. The van der Waals surface area contributed by atoms with Crippen LogP contribution in [0.5, 0.6) is 5.75 Å². The van der Waals surface area contributed by atoms with Gasteiger partial charge in [0.15, 0.2) is 10.8 Å². The molecule has 0 fully saturated rings. The van der Waals surface area contributed by atoms with Crippen molar-refractivity contribution in [2.45, 2.75) is 40.8 Å². The molecular weight excluding hydrogens is 406 g/mol. The first kappa shape index (κ1) is 22.0. The third-order valence-electron chi connectivity index (χ3n) is 5.42. The number of aromatic nitrogens is 5. The van der Waals surface area contributed by atoms with Crippen LogP contribution in [0.25, 0.3) is 11.2 Å². The number of aryl methyl sites for hydroxylation is 1. The van der Waals surface area contributed by atoms with Crippen LogP contribution in [-0.4, -0.2) is 55.7 Å². The first-order valence-corrected chi connectivity index (χ1v) is 10.3. The van der Waals surface area contributed by atoms with Crippen molar-refractivity contribution in [3.05, 3.63) is 38.7 Å². The lowest BCUT2D eigenvalue weighted by Crippen LogP contribution is -2.32. The van der Waals surface area contributed by atoms with Crippen LogP contribution >= 0.6 is 11.6 Å². The van der Waals surface area contributed by atoms with Gasteiger partial charge < -0.3 is 15.4 Å². The summed E-state index contributed by atoms with van der Waals surface area (Å²) in [5.74, 6) is 0.777. The van der Waals surface area contributed by atoms with Gasteiger partial charge in [-0.15, -0.1) is 0 Å². The number of nitrogen functional groups attached to an aromatic ring is 1. The Morgan fingerprint density at radius 2 is 1.90 bits per heavy atom. The molecule has 0 atom stereocenters. The number of fused-ring (bicyclic) bond motifs is 1. The fourth-order valence-electron chi connectivity index (χ4n) is 3.70. The maximum absolute atomic E-state index is 13.4. The lowest BCUT2D eigenvalue weighted by atomic mass is 10.1. The summed E-state index contributed by atoms with van der Waals surface area (Å²) < 4.78 is 8.67.